The van der Waals surface area contributed by atoms with Crippen LogP contribution in [0.15, 0.2) is 48.5 Å². The van der Waals surface area contributed by atoms with Gasteiger partial charge in [0.25, 0.3) is 0 Å². The molecular weight excluding hydrogens is 269 g/mol. The van der Waals surface area contributed by atoms with Gasteiger partial charge in [0.2, 0.25) is 0 Å². The molecule has 1 N–H and O–H groups in total. The van der Waals surface area contributed by atoms with Crippen LogP contribution in [0.2, 0.25) is 0 Å². The van der Waals surface area contributed by atoms with Crippen LogP contribution in [0.5, 0.6) is 5.75 Å². The van der Waals surface area contributed by atoms with E-state index in [-0.39, 0.29) is 24.5 Å². The molecule has 0 radical (unpaired) electrons. The van der Waals surface area contributed by atoms with Gasteiger partial charge in [-0.05, 0) is 29.3 Å². The molecule has 0 aliphatic carbocycles. The predicted molar refractivity (Wildman–Crippen MR) is 68.0 cm³/mol. The number of halogens is 3. The number of aromatic hydroxyl groups is 1. The zero-order valence-corrected chi connectivity index (χ0v) is 10.5. The highest BCUT2D eigenvalue weighted by atomic mass is 19.4. The van der Waals surface area contributed by atoms with E-state index in [1.807, 2.05) is 0 Å². The maximum atomic E-state index is 12.8. The van der Waals surface area contributed by atoms with Gasteiger partial charge in [0.15, 0.2) is 0 Å². The van der Waals surface area contributed by atoms with Gasteiger partial charge in [0.1, 0.15) is 5.75 Å². The molecule has 0 atom stereocenters. The van der Waals surface area contributed by atoms with Crippen molar-refractivity contribution >= 4 is 0 Å². The lowest BCUT2D eigenvalue weighted by atomic mass is 10.1. The maximum absolute atomic E-state index is 12.8. The fourth-order valence-electron chi connectivity index (χ4n) is 1.79. The van der Waals surface area contributed by atoms with Crippen molar-refractivity contribution in [2.75, 3.05) is 0 Å². The Labute approximate surface area is 114 Å². The van der Waals surface area contributed by atoms with Gasteiger partial charge in [-0.3, -0.25) is 0 Å². The third kappa shape index (κ3) is 3.74. The fraction of sp³-hybridized carbons (Fsp3) is 0.200. The molecule has 5 heteroatoms. The molecule has 0 saturated heterocycles. The van der Waals surface area contributed by atoms with Crippen LogP contribution in [-0.2, 0) is 24.1 Å². The monoisotopic (exact) mass is 282 g/mol. The Morgan fingerprint density at radius 2 is 1.55 bits per heavy atom. The normalized spacial score (nSPS) is 11.6. The highest BCUT2D eigenvalue weighted by Crippen LogP contribution is 2.32. The Morgan fingerprint density at radius 3 is 2.20 bits per heavy atom. The van der Waals surface area contributed by atoms with Crippen LogP contribution in [0.3, 0.4) is 0 Å². The second-order valence-electron chi connectivity index (χ2n) is 4.31. The molecule has 0 bridgehead atoms. The van der Waals surface area contributed by atoms with E-state index in [9.17, 15) is 13.2 Å². The summed E-state index contributed by atoms with van der Waals surface area (Å²) in [4.78, 5) is 0. The molecule has 2 rings (SSSR count). The van der Waals surface area contributed by atoms with Crippen LogP contribution < -0.4 is 0 Å². The van der Waals surface area contributed by atoms with Gasteiger partial charge in [-0.15, -0.1) is 0 Å². The van der Waals surface area contributed by atoms with E-state index in [0.717, 1.165) is 11.6 Å². The first-order chi connectivity index (χ1) is 9.47. The van der Waals surface area contributed by atoms with Gasteiger partial charge in [0, 0.05) is 0 Å². The van der Waals surface area contributed by atoms with Gasteiger partial charge in [-0.2, -0.15) is 13.2 Å². The predicted octanol–water partition coefficient (Wildman–Crippen LogP) is 4.13. The highest BCUT2D eigenvalue weighted by Gasteiger charge is 2.32. The third-order valence-electron chi connectivity index (χ3n) is 2.79. The topological polar surface area (TPSA) is 29.5 Å². The van der Waals surface area contributed by atoms with Crippen molar-refractivity contribution < 1.29 is 23.0 Å². The molecule has 2 aromatic rings. The minimum Gasteiger partial charge on any atom is -0.508 e. The van der Waals surface area contributed by atoms with Crippen molar-refractivity contribution in [1.29, 1.82) is 0 Å². The molecule has 106 valence electrons. The standard InChI is InChI=1S/C15H13F3O2/c16-15(17,18)14-4-2-1-3-12(14)10-20-9-11-5-7-13(19)8-6-11/h1-8,19H,9-10H2. The first kappa shape index (κ1) is 14.4. The second-order valence-corrected chi connectivity index (χ2v) is 4.31. The second kappa shape index (κ2) is 5.96. The Hall–Kier alpha value is -2.01. The first-order valence-corrected chi connectivity index (χ1v) is 5.97. The number of hydrogen-bond donors (Lipinski definition) is 1. The molecule has 0 aliphatic heterocycles. The summed E-state index contributed by atoms with van der Waals surface area (Å²) >= 11 is 0. The first-order valence-electron chi connectivity index (χ1n) is 5.97. The molecule has 2 nitrogen and oxygen atoms in total. The van der Waals surface area contributed by atoms with E-state index in [4.69, 9.17) is 9.84 Å². The number of phenolic OH excluding ortho intramolecular Hbond substituents is 1. The molecule has 20 heavy (non-hydrogen) atoms. The largest absolute Gasteiger partial charge is 0.508 e. The SMILES string of the molecule is Oc1ccc(COCc2ccccc2C(F)(F)F)cc1. The van der Waals surface area contributed by atoms with Crippen molar-refractivity contribution in [3.63, 3.8) is 0 Å². The van der Waals surface area contributed by atoms with E-state index in [1.54, 1.807) is 18.2 Å². The molecule has 0 spiro atoms. The summed E-state index contributed by atoms with van der Waals surface area (Å²) in [5.41, 5.74) is 0.219. The van der Waals surface area contributed by atoms with E-state index in [1.165, 1.54) is 24.3 Å². The number of rotatable bonds is 4. The number of benzene rings is 2. The lowest BCUT2D eigenvalue weighted by Gasteiger charge is -2.12. The molecule has 2 aromatic carbocycles. The van der Waals surface area contributed by atoms with E-state index in [2.05, 4.69) is 0 Å². The Kier molecular flexibility index (Phi) is 4.29. The maximum Gasteiger partial charge on any atom is 0.416 e. The minimum atomic E-state index is -4.38. The van der Waals surface area contributed by atoms with Gasteiger partial charge >= 0.3 is 6.18 Å². The molecule has 0 amide bonds. The molecule has 0 aliphatic rings. The van der Waals surface area contributed by atoms with E-state index < -0.39 is 11.7 Å². The van der Waals surface area contributed by atoms with Crippen LogP contribution >= 0.6 is 0 Å². The fourth-order valence-corrected chi connectivity index (χ4v) is 1.79. The summed E-state index contributed by atoms with van der Waals surface area (Å²) in [7, 11) is 0. The zero-order valence-electron chi connectivity index (χ0n) is 10.5. The average molecular weight is 282 g/mol. The smallest absolute Gasteiger partial charge is 0.416 e. The Balaban J connectivity index is 1.99. The quantitative estimate of drug-likeness (QED) is 0.913. The summed E-state index contributed by atoms with van der Waals surface area (Å²) in [6.07, 6.45) is -4.38. The van der Waals surface area contributed by atoms with Crippen molar-refractivity contribution in [2.24, 2.45) is 0 Å². The molecule has 0 aromatic heterocycles. The Morgan fingerprint density at radius 1 is 0.900 bits per heavy atom. The van der Waals surface area contributed by atoms with Crippen LogP contribution in [0.4, 0.5) is 13.2 Å². The summed E-state index contributed by atoms with van der Waals surface area (Å²) < 4.78 is 43.6. The Bertz CT molecular complexity index is 562. The lowest BCUT2D eigenvalue weighted by Crippen LogP contribution is -2.09. The molecule has 0 fully saturated rings. The molecule has 0 unspecified atom stereocenters. The van der Waals surface area contributed by atoms with Gasteiger partial charge in [-0.25, -0.2) is 0 Å². The number of hydrogen-bond acceptors (Lipinski definition) is 2. The number of ether oxygens (including phenoxy) is 1. The molecular formula is C15H13F3O2. The highest BCUT2D eigenvalue weighted by molar-refractivity contribution is 5.29. The van der Waals surface area contributed by atoms with E-state index in [0.29, 0.717) is 0 Å². The van der Waals surface area contributed by atoms with Crippen LogP contribution in [0, 0.1) is 0 Å². The number of phenols is 1. The van der Waals surface area contributed by atoms with Gasteiger partial charge in [-0.1, -0.05) is 30.3 Å². The number of alkyl halides is 3. The van der Waals surface area contributed by atoms with Crippen LogP contribution in [0.25, 0.3) is 0 Å². The molecule has 0 heterocycles. The summed E-state index contributed by atoms with van der Waals surface area (Å²) in [6.45, 7) is 0.0725. The van der Waals surface area contributed by atoms with Crippen molar-refractivity contribution in [3.8, 4) is 5.75 Å². The minimum absolute atomic E-state index is 0.110. The zero-order chi connectivity index (χ0) is 14.6. The molecule has 0 saturated carbocycles. The summed E-state index contributed by atoms with van der Waals surface area (Å²) in [5, 5.41) is 9.12. The summed E-state index contributed by atoms with van der Waals surface area (Å²) in [5.74, 6) is 0.135. The van der Waals surface area contributed by atoms with Crippen LogP contribution in [-0.4, -0.2) is 5.11 Å². The van der Waals surface area contributed by atoms with Crippen molar-refractivity contribution in [1.82, 2.24) is 0 Å². The lowest BCUT2D eigenvalue weighted by molar-refractivity contribution is -0.138. The third-order valence-corrected chi connectivity index (χ3v) is 2.79. The van der Waals surface area contributed by atoms with Gasteiger partial charge < -0.3 is 9.84 Å². The van der Waals surface area contributed by atoms with Crippen molar-refractivity contribution in [3.05, 3.63) is 65.2 Å². The van der Waals surface area contributed by atoms with Crippen molar-refractivity contribution in [2.45, 2.75) is 19.4 Å². The summed E-state index contributed by atoms with van der Waals surface area (Å²) in [6, 6.07) is 11.7. The van der Waals surface area contributed by atoms with Crippen LogP contribution in [0.1, 0.15) is 16.7 Å². The van der Waals surface area contributed by atoms with E-state index >= 15 is 0 Å². The average Bonchev–Trinajstić information content (AvgIpc) is 2.40. The van der Waals surface area contributed by atoms with Gasteiger partial charge in [0.05, 0.1) is 18.8 Å².